The van der Waals surface area contributed by atoms with E-state index >= 15 is 0 Å². The van der Waals surface area contributed by atoms with Crippen LogP contribution in [0.5, 0.6) is 5.75 Å². The predicted molar refractivity (Wildman–Crippen MR) is 93.1 cm³/mol. The van der Waals surface area contributed by atoms with Crippen molar-refractivity contribution in [2.24, 2.45) is 0 Å². The normalized spacial score (nSPS) is 17.1. The second-order valence-electron chi connectivity index (χ2n) is 5.83. The number of aromatic nitrogens is 2. The minimum atomic E-state index is 0.147. The average molecular weight is 305 g/mol. The maximum Gasteiger partial charge on any atom is 0.119 e. The number of hydrogen-bond acceptors (Lipinski definition) is 3. The van der Waals surface area contributed by atoms with Crippen LogP contribution in [0.2, 0.25) is 0 Å². The minimum Gasteiger partial charge on any atom is -0.497 e. The molecule has 2 aromatic carbocycles. The first-order chi connectivity index (χ1) is 11.3. The summed E-state index contributed by atoms with van der Waals surface area (Å²) in [5, 5.41) is 8.28. The lowest BCUT2D eigenvalue weighted by molar-refractivity contribution is 0.413. The van der Waals surface area contributed by atoms with Gasteiger partial charge in [0.2, 0.25) is 0 Å². The molecule has 1 atom stereocenters. The third-order valence-electron chi connectivity index (χ3n) is 4.61. The molecular formula is C19H19N3O. The van der Waals surface area contributed by atoms with Crippen molar-refractivity contribution in [3.8, 4) is 5.75 Å². The maximum atomic E-state index is 5.40. The number of methoxy groups -OCH3 is 1. The summed E-state index contributed by atoms with van der Waals surface area (Å²) in [4.78, 5) is 2.38. The summed E-state index contributed by atoms with van der Waals surface area (Å²) < 4.78 is 5.40. The predicted octanol–water partition coefficient (Wildman–Crippen LogP) is 3.86. The second kappa shape index (κ2) is 5.47. The van der Waals surface area contributed by atoms with Gasteiger partial charge in [-0.3, -0.25) is 5.10 Å². The van der Waals surface area contributed by atoms with E-state index in [1.54, 1.807) is 7.11 Å². The summed E-state index contributed by atoms with van der Waals surface area (Å²) in [6, 6.07) is 12.9. The summed E-state index contributed by atoms with van der Waals surface area (Å²) in [5.41, 5.74) is 4.88. The van der Waals surface area contributed by atoms with Crippen LogP contribution in [-0.2, 0) is 6.42 Å². The topological polar surface area (TPSA) is 41.1 Å². The Morgan fingerprint density at radius 3 is 3.04 bits per heavy atom. The molecule has 0 amide bonds. The van der Waals surface area contributed by atoms with E-state index in [2.05, 4.69) is 52.0 Å². The van der Waals surface area contributed by atoms with Crippen LogP contribution in [0.15, 0.2) is 55.3 Å². The van der Waals surface area contributed by atoms with Crippen molar-refractivity contribution < 1.29 is 4.74 Å². The highest BCUT2D eigenvalue weighted by atomic mass is 16.5. The van der Waals surface area contributed by atoms with E-state index in [0.29, 0.717) is 0 Å². The van der Waals surface area contributed by atoms with Crippen LogP contribution in [0.1, 0.15) is 17.2 Å². The van der Waals surface area contributed by atoms with E-state index in [1.807, 2.05) is 18.3 Å². The Kier molecular flexibility index (Phi) is 3.30. The minimum absolute atomic E-state index is 0.147. The van der Waals surface area contributed by atoms with Crippen LogP contribution in [0, 0.1) is 0 Å². The third-order valence-corrected chi connectivity index (χ3v) is 4.61. The molecule has 4 rings (SSSR count). The summed E-state index contributed by atoms with van der Waals surface area (Å²) in [6.07, 6.45) is 4.87. The molecule has 0 aliphatic carbocycles. The van der Waals surface area contributed by atoms with Gasteiger partial charge >= 0.3 is 0 Å². The smallest absolute Gasteiger partial charge is 0.119 e. The van der Waals surface area contributed by atoms with Crippen LogP contribution in [0.25, 0.3) is 10.9 Å². The first-order valence-corrected chi connectivity index (χ1v) is 7.79. The molecule has 1 unspecified atom stereocenters. The first-order valence-electron chi connectivity index (χ1n) is 7.79. The van der Waals surface area contributed by atoms with Crippen molar-refractivity contribution in [2.45, 2.75) is 12.5 Å². The van der Waals surface area contributed by atoms with Gasteiger partial charge in [-0.1, -0.05) is 12.1 Å². The summed E-state index contributed by atoms with van der Waals surface area (Å²) in [5.74, 6) is 0.890. The number of rotatable bonds is 3. The number of anilines is 1. The molecule has 0 radical (unpaired) electrons. The Morgan fingerprint density at radius 2 is 2.22 bits per heavy atom. The Hall–Kier alpha value is -2.75. The average Bonchev–Trinajstić information content (AvgIpc) is 3.07. The van der Waals surface area contributed by atoms with E-state index in [9.17, 15) is 0 Å². The molecule has 1 aliphatic rings. The molecule has 0 fully saturated rings. The van der Waals surface area contributed by atoms with Gasteiger partial charge in [0.15, 0.2) is 0 Å². The molecule has 0 saturated heterocycles. The lowest BCUT2D eigenvalue weighted by Gasteiger charge is -2.37. The fourth-order valence-corrected chi connectivity index (χ4v) is 3.40. The number of benzene rings is 2. The van der Waals surface area contributed by atoms with Crippen molar-refractivity contribution in [3.05, 3.63) is 66.4 Å². The molecular weight excluding hydrogens is 286 g/mol. The van der Waals surface area contributed by atoms with Crippen LogP contribution in [0.4, 0.5) is 5.69 Å². The number of aromatic amines is 1. The van der Waals surface area contributed by atoms with Crippen molar-refractivity contribution in [1.82, 2.24) is 10.2 Å². The number of H-pyrrole nitrogens is 1. The lowest BCUT2D eigenvalue weighted by Crippen LogP contribution is -2.34. The van der Waals surface area contributed by atoms with E-state index in [0.717, 1.165) is 29.6 Å². The number of nitrogens with zero attached hydrogens (tertiary/aromatic N) is 2. The van der Waals surface area contributed by atoms with Gasteiger partial charge in [0.1, 0.15) is 5.75 Å². The largest absolute Gasteiger partial charge is 0.497 e. The van der Waals surface area contributed by atoms with Crippen LogP contribution in [0.3, 0.4) is 0 Å². The molecule has 1 N–H and O–H groups in total. The Morgan fingerprint density at radius 1 is 1.30 bits per heavy atom. The zero-order valence-electron chi connectivity index (χ0n) is 13.1. The SMILES string of the molecule is C=CC1c2cc(OC)ccc2CCN1c1ccc2cn[nH]c2c1. The summed E-state index contributed by atoms with van der Waals surface area (Å²) in [7, 11) is 1.71. The molecule has 3 aromatic rings. The Labute approximate surface area is 135 Å². The van der Waals surface area contributed by atoms with E-state index in [4.69, 9.17) is 4.74 Å². The van der Waals surface area contributed by atoms with Gasteiger partial charge in [0.25, 0.3) is 0 Å². The van der Waals surface area contributed by atoms with Crippen molar-refractivity contribution in [3.63, 3.8) is 0 Å². The van der Waals surface area contributed by atoms with E-state index < -0.39 is 0 Å². The lowest BCUT2D eigenvalue weighted by atomic mass is 9.91. The van der Waals surface area contributed by atoms with E-state index in [-0.39, 0.29) is 6.04 Å². The van der Waals surface area contributed by atoms with Crippen LogP contribution in [-0.4, -0.2) is 23.9 Å². The molecule has 23 heavy (non-hydrogen) atoms. The maximum absolute atomic E-state index is 5.40. The highest BCUT2D eigenvalue weighted by Gasteiger charge is 2.26. The van der Waals surface area contributed by atoms with Gasteiger partial charge in [-0.05, 0) is 47.9 Å². The highest BCUT2D eigenvalue weighted by Crippen LogP contribution is 2.37. The van der Waals surface area contributed by atoms with Crippen LogP contribution < -0.4 is 9.64 Å². The van der Waals surface area contributed by atoms with Crippen LogP contribution >= 0.6 is 0 Å². The van der Waals surface area contributed by atoms with Gasteiger partial charge in [-0.15, -0.1) is 6.58 Å². The zero-order chi connectivity index (χ0) is 15.8. The quantitative estimate of drug-likeness (QED) is 0.747. The van der Waals surface area contributed by atoms with Gasteiger partial charge in [0, 0.05) is 17.6 Å². The second-order valence-corrected chi connectivity index (χ2v) is 5.83. The van der Waals surface area contributed by atoms with Gasteiger partial charge < -0.3 is 9.64 Å². The molecule has 4 heteroatoms. The fourth-order valence-electron chi connectivity index (χ4n) is 3.40. The number of fused-ring (bicyclic) bond motifs is 2. The molecule has 2 heterocycles. The monoisotopic (exact) mass is 305 g/mol. The molecule has 1 aromatic heterocycles. The molecule has 0 bridgehead atoms. The first kappa shape index (κ1) is 13.9. The van der Waals surface area contributed by atoms with Crippen molar-refractivity contribution in [2.75, 3.05) is 18.6 Å². The van der Waals surface area contributed by atoms with Crippen molar-refractivity contribution in [1.29, 1.82) is 0 Å². The summed E-state index contributed by atoms with van der Waals surface area (Å²) >= 11 is 0. The van der Waals surface area contributed by atoms with E-state index in [1.165, 1.54) is 16.8 Å². The fraction of sp³-hybridized carbons (Fsp3) is 0.211. The standard InChI is InChI=1S/C19H19N3O/c1-3-19-17-11-16(23-2)7-5-13(17)8-9-22(19)15-6-4-14-12-20-21-18(14)10-15/h3-7,10-12,19H,1,8-9H2,2H3,(H,20,21). The van der Waals surface area contributed by atoms with Crippen molar-refractivity contribution >= 4 is 16.6 Å². The highest BCUT2D eigenvalue weighted by molar-refractivity contribution is 5.82. The van der Waals surface area contributed by atoms with Gasteiger partial charge in [-0.25, -0.2) is 0 Å². The molecule has 116 valence electrons. The molecule has 1 aliphatic heterocycles. The summed E-state index contributed by atoms with van der Waals surface area (Å²) in [6.45, 7) is 5.03. The third kappa shape index (κ3) is 2.27. The molecule has 0 spiro atoms. The molecule has 0 saturated carbocycles. The number of ether oxygens (including phenoxy) is 1. The molecule has 4 nitrogen and oxygen atoms in total. The van der Waals surface area contributed by atoms with Gasteiger partial charge in [0.05, 0.1) is 24.9 Å². The van der Waals surface area contributed by atoms with Gasteiger partial charge in [-0.2, -0.15) is 5.10 Å². The zero-order valence-corrected chi connectivity index (χ0v) is 13.1. The number of hydrogen-bond donors (Lipinski definition) is 1. The Bertz CT molecular complexity index is 868. The number of nitrogens with one attached hydrogen (secondary N) is 1. The Balaban J connectivity index is 1.78.